The number of hydrogen-bond donors (Lipinski definition) is 1. The zero-order valence-corrected chi connectivity index (χ0v) is 18.1. The maximum atomic E-state index is 12.9. The second kappa shape index (κ2) is 8.70. The Bertz CT molecular complexity index is 1510. The van der Waals surface area contributed by atoms with E-state index < -0.39 is 0 Å². The smallest absolute Gasteiger partial charge is 0.264 e. The van der Waals surface area contributed by atoms with Crippen molar-refractivity contribution in [2.45, 2.75) is 26.4 Å². The molecule has 5 rings (SSSR count). The number of rotatable bonds is 7. The minimum Gasteiger partial charge on any atom is -0.356 e. The minimum absolute atomic E-state index is 0.124. The number of carbonyl (C=O) groups is 1. The SMILES string of the molecule is Cc1ccccc1Cn1cnc2c(cnn2CCNC(=O)Cc2noc3ccccc23)c1=O. The lowest BCUT2D eigenvalue weighted by atomic mass is 10.1. The Morgan fingerprint density at radius 2 is 1.91 bits per heavy atom. The van der Waals surface area contributed by atoms with Gasteiger partial charge in [-0.1, -0.05) is 41.6 Å². The van der Waals surface area contributed by atoms with Crippen LogP contribution in [0.15, 0.2) is 70.4 Å². The first-order valence-corrected chi connectivity index (χ1v) is 10.7. The van der Waals surface area contributed by atoms with Gasteiger partial charge in [-0.15, -0.1) is 0 Å². The zero-order valence-electron chi connectivity index (χ0n) is 18.1. The van der Waals surface area contributed by atoms with Gasteiger partial charge >= 0.3 is 0 Å². The summed E-state index contributed by atoms with van der Waals surface area (Å²) >= 11 is 0. The molecule has 0 radical (unpaired) electrons. The average Bonchev–Trinajstić information content (AvgIpc) is 3.42. The number of aromatic nitrogens is 5. The van der Waals surface area contributed by atoms with E-state index in [4.69, 9.17) is 4.52 Å². The molecule has 2 aromatic carbocycles. The largest absolute Gasteiger partial charge is 0.356 e. The van der Waals surface area contributed by atoms with Crippen molar-refractivity contribution < 1.29 is 9.32 Å². The Balaban J connectivity index is 1.24. The van der Waals surface area contributed by atoms with Gasteiger partial charge in [0.2, 0.25) is 5.91 Å². The van der Waals surface area contributed by atoms with Gasteiger partial charge in [0.15, 0.2) is 11.2 Å². The van der Waals surface area contributed by atoms with Crippen molar-refractivity contribution in [1.82, 2.24) is 29.8 Å². The highest BCUT2D eigenvalue weighted by Crippen LogP contribution is 2.18. The van der Waals surface area contributed by atoms with Crippen molar-refractivity contribution in [3.63, 3.8) is 0 Å². The van der Waals surface area contributed by atoms with Crippen LogP contribution < -0.4 is 10.9 Å². The third-order valence-electron chi connectivity index (χ3n) is 5.65. The van der Waals surface area contributed by atoms with Crippen LogP contribution in [0, 0.1) is 6.92 Å². The lowest BCUT2D eigenvalue weighted by molar-refractivity contribution is -0.120. The molecule has 0 spiro atoms. The fraction of sp³-hybridized carbons (Fsp3) is 0.208. The van der Waals surface area contributed by atoms with E-state index in [1.165, 1.54) is 6.20 Å². The lowest BCUT2D eigenvalue weighted by Gasteiger charge is -2.09. The summed E-state index contributed by atoms with van der Waals surface area (Å²) in [5, 5.41) is 12.4. The van der Waals surface area contributed by atoms with Crippen LogP contribution in [-0.4, -0.2) is 36.9 Å². The van der Waals surface area contributed by atoms with E-state index in [0.29, 0.717) is 41.9 Å². The molecule has 0 saturated heterocycles. The zero-order chi connectivity index (χ0) is 22.8. The summed E-state index contributed by atoms with van der Waals surface area (Å²) < 4.78 is 8.45. The van der Waals surface area contributed by atoms with Gasteiger partial charge in [0.05, 0.1) is 25.7 Å². The summed E-state index contributed by atoms with van der Waals surface area (Å²) in [6, 6.07) is 15.4. The summed E-state index contributed by atoms with van der Waals surface area (Å²) in [7, 11) is 0. The van der Waals surface area contributed by atoms with E-state index in [2.05, 4.69) is 20.6 Å². The van der Waals surface area contributed by atoms with E-state index in [0.717, 1.165) is 16.5 Å². The monoisotopic (exact) mass is 442 g/mol. The lowest BCUT2D eigenvalue weighted by Crippen LogP contribution is -2.29. The second-order valence-corrected chi connectivity index (χ2v) is 7.86. The molecule has 0 bridgehead atoms. The third kappa shape index (κ3) is 4.12. The van der Waals surface area contributed by atoms with E-state index in [-0.39, 0.29) is 17.9 Å². The Morgan fingerprint density at radius 1 is 1.09 bits per heavy atom. The standard InChI is InChI=1S/C24H22N6O3/c1-16-6-2-3-7-17(16)14-29-15-26-23-19(24(29)32)13-27-30(23)11-10-25-22(31)12-20-18-8-4-5-9-21(18)33-28-20/h2-9,13,15H,10-12,14H2,1H3,(H,25,31). The number of benzene rings is 2. The van der Waals surface area contributed by atoms with Gasteiger partial charge in [-0.3, -0.25) is 14.2 Å². The van der Waals surface area contributed by atoms with Gasteiger partial charge < -0.3 is 9.84 Å². The fourth-order valence-electron chi connectivity index (χ4n) is 3.83. The molecule has 166 valence electrons. The van der Waals surface area contributed by atoms with Crippen molar-refractivity contribution in [2.24, 2.45) is 0 Å². The number of amides is 1. The molecule has 0 atom stereocenters. The number of hydrogen-bond acceptors (Lipinski definition) is 6. The highest BCUT2D eigenvalue weighted by atomic mass is 16.5. The molecule has 0 saturated carbocycles. The minimum atomic E-state index is -0.168. The van der Waals surface area contributed by atoms with Crippen LogP contribution in [0.5, 0.6) is 0 Å². The van der Waals surface area contributed by atoms with Crippen molar-refractivity contribution in [3.05, 3.63) is 88.2 Å². The molecule has 3 heterocycles. The molecular formula is C24H22N6O3. The molecule has 3 aromatic heterocycles. The molecule has 0 aliphatic carbocycles. The molecule has 0 aliphatic rings. The number of nitrogens with one attached hydrogen (secondary N) is 1. The first-order chi connectivity index (χ1) is 16.1. The van der Waals surface area contributed by atoms with Crippen LogP contribution in [0.2, 0.25) is 0 Å². The van der Waals surface area contributed by atoms with Gasteiger partial charge in [0.25, 0.3) is 5.56 Å². The van der Waals surface area contributed by atoms with Gasteiger partial charge in [0, 0.05) is 11.9 Å². The third-order valence-corrected chi connectivity index (χ3v) is 5.65. The van der Waals surface area contributed by atoms with Crippen molar-refractivity contribution in [2.75, 3.05) is 6.54 Å². The Morgan fingerprint density at radius 3 is 2.79 bits per heavy atom. The molecule has 9 heteroatoms. The molecule has 0 aliphatic heterocycles. The van der Waals surface area contributed by atoms with Gasteiger partial charge in [-0.25, -0.2) is 9.67 Å². The van der Waals surface area contributed by atoms with E-state index in [1.807, 2.05) is 55.5 Å². The molecule has 0 fully saturated rings. The average molecular weight is 442 g/mol. The Hall–Kier alpha value is -4.27. The Labute approximate surface area is 188 Å². The number of aryl methyl sites for hydroxylation is 1. The number of fused-ring (bicyclic) bond motifs is 2. The summed E-state index contributed by atoms with van der Waals surface area (Å²) in [6.07, 6.45) is 3.20. The molecule has 5 aromatic rings. The summed E-state index contributed by atoms with van der Waals surface area (Å²) in [5.41, 5.74) is 3.80. The Kier molecular flexibility index (Phi) is 5.43. The van der Waals surface area contributed by atoms with Crippen LogP contribution in [0.25, 0.3) is 22.0 Å². The number of nitrogens with zero attached hydrogens (tertiary/aromatic N) is 5. The van der Waals surface area contributed by atoms with Gasteiger partial charge in [-0.2, -0.15) is 5.10 Å². The first-order valence-electron chi connectivity index (χ1n) is 10.7. The normalized spacial score (nSPS) is 11.3. The van der Waals surface area contributed by atoms with Gasteiger partial charge in [-0.05, 0) is 30.2 Å². The highest BCUT2D eigenvalue weighted by Gasteiger charge is 2.13. The van der Waals surface area contributed by atoms with Crippen molar-refractivity contribution in [3.8, 4) is 0 Å². The van der Waals surface area contributed by atoms with E-state index >= 15 is 0 Å². The molecule has 9 nitrogen and oxygen atoms in total. The van der Waals surface area contributed by atoms with Crippen molar-refractivity contribution >= 4 is 27.9 Å². The molecule has 33 heavy (non-hydrogen) atoms. The van der Waals surface area contributed by atoms with Gasteiger partial charge in [0.1, 0.15) is 17.4 Å². The quantitative estimate of drug-likeness (QED) is 0.415. The summed E-state index contributed by atoms with van der Waals surface area (Å²) in [5.74, 6) is -0.168. The molecule has 1 N–H and O–H groups in total. The molecular weight excluding hydrogens is 420 g/mol. The molecule has 1 amide bonds. The fourth-order valence-corrected chi connectivity index (χ4v) is 3.83. The molecule has 0 unspecified atom stereocenters. The van der Waals surface area contributed by atoms with E-state index in [1.54, 1.807) is 15.6 Å². The van der Waals surface area contributed by atoms with Crippen LogP contribution in [0.3, 0.4) is 0 Å². The van der Waals surface area contributed by atoms with Crippen LogP contribution in [0.1, 0.15) is 16.8 Å². The predicted molar refractivity (Wildman–Crippen MR) is 123 cm³/mol. The van der Waals surface area contributed by atoms with Crippen LogP contribution in [0.4, 0.5) is 0 Å². The number of carbonyl (C=O) groups excluding carboxylic acids is 1. The highest BCUT2D eigenvalue weighted by molar-refractivity contribution is 5.86. The van der Waals surface area contributed by atoms with Crippen molar-refractivity contribution in [1.29, 1.82) is 0 Å². The topological polar surface area (TPSA) is 108 Å². The maximum absolute atomic E-state index is 12.9. The summed E-state index contributed by atoms with van der Waals surface area (Å²) in [6.45, 7) is 3.21. The first kappa shape index (κ1) is 20.6. The van der Waals surface area contributed by atoms with Crippen LogP contribution in [-0.2, 0) is 24.3 Å². The van der Waals surface area contributed by atoms with Crippen LogP contribution >= 0.6 is 0 Å². The maximum Gasteiger partial charge on any atom is 0.264 e. The number of para-hydroxylation sites is 1. The predicted octanol–water partition coefficient (Wildman–Crippen LogP) is 2.45. The van der Waals surface area contributed by atoms with E-state index in [9.17, 15) is 9.59 Å². The summed E-state index contributed by atoms with van der Waals surface area (Å²) in [4.78, 5) is 29.7. The second-order valence-electron chi connectivity index (χ2n) is 7.86.